The molecule has 6 heteroatoms. The molecule has 6 nitrogen and oxygen atoms in total. The van der Waals surface area contributed by atoms with Crippen LogP contribution in [0.3, 0.4) is 0 Å². The number of aliphatic hydroxyl groups is 1. The number of hydrogen-bond acceptors (Lipinski definition) is 5. The topological polar surface area (TPSA) is 84.3 Å². The lowest BCUT2D eigenvalue weighted by Gasteiger charge is -2.38. The largest absolute Gasteiger partial charge is 0.481 e. The van der Waals surface area contributed by atoms with E-state index in [0.29, 0.717) is 24.3 Å². The Morgan fingerprint density at radius 1 is 1.35 bits per heavy atom. The molecule has 0 bridgehead atoms. The second-order valence-electron chi connectivity index (χ2n) is 5.71. The molecule has 0 saturated heterocycles. The number of hydrogen-bond donors (Lipinski definition) is 2. The number of carbonyl (C=O) groups excluding carboxylic acids is 1. The van der Waals surface area contributed by atoms with E-state index in [1.807, 2.05) is 6.07 Å². The van der Waals surface area contributed by atoms with Gasteiger partial charge in [-0.1, -0.05) is 6.07 Å². The Kier molecular flexibility index (Phi) is 4.52. The van der Waals surface area contributed by atoms with E-state index >= 15 is 0 Å². The summed E-state index contributed by atoms with van der Waals surface area (Å²) in [5.41, 5.74) is 1.42. The molecule has 1 aliphatic carbocycles. The van der Waals surface area contributed by atoms with Crippen LogP contribution >= 0.6 is 0 Å². The number of aromatic nitrogens is 2. The Bertz CT molecular complexity index is 655. The molecular weight excluding hydrogens is 294 g/mol. The Morgan fingerprint density at radius 2 is 2.17 bits per heavy atom. The van der Waals surface area contributed by atoms with Gasteiger partial charge in [-0.3, -0.25) is 9.78 Å². The van der Waals surface area contributed by atoms with Crippen LogP contribution in [0.1, 0.15) is 34.8 Å². The van der Waals surface area contributed by atoms with Crippen molar-refractivity contribution in [2.24, 2.45) is 5.92 Å². The van der Waals surface area contributed by atoms with Crippen molar-refractivity contribution in [3.63, 3.8) is 0 Å². The summed E-state index contributed by atoms with van der Waals surface area (Å²) >= 11 is 0. The number of nitrogens with one attached hydrogen (secondary N) is 1. The first kappa shape index (κ1) is 15.4. The Morgan fingerprint density at radius 3 is 2.74 bits per heavy atom. The fourth-order valence-electron chi connectivity index (χ4n) is 2.79. The maximum absolute atomic E-state index is 12.4. The van der Waals surface area contributed by atoms with Crippen molar-refractivity contribution in [2.75, 3.05) is 7.11 Å². The van der Waals surface area contributed by atoms with Gasteiger partial charge in [-0.25, -0.2) is 4.98 Å². The number of aliphatic hydroxyl groups excluding tert-OH is 1. The smallest absolute Gasteiger partial charge is 0.253 e. The molecule has 0 spiro atoms. The van der Waals surface area contributed by atoms with Gasteiger partial charge >= 0.3 is 0 Å². The third-order valence-corrected chi connectivity index (χ3v) is 4.16. The van der Waals surface area contributed by atoms with Gasteiger partial charge in [-0.05, 0) is 36.5 Å². The second-order valence-corrected chi connectivity index (χ2v) is 5.71. The maximum atomic E-state index is 12.4. The number of rotatable bonds is 5. The minimum Gasteiger partial charge on any atom is -0.481 e. The standard InChI is InChI=1S/C17H19N3O3/c1-23-15-5-4-11(10-19-15)16(13-7-14(21)8-13)20-17(22)12-3-2-6-18-9-12/h2-6,9-10,13-14,16,21H,7-8H2,1H3,(H,20,22)/t13?,14?,16-/m1/s1. The molecule has 2 aromatic heterocycles. The van der Waals surface area contributed by atoms with Gasteiger partial charge in [0.25, 0.3) is 5.91 Å². The Hall–Kier alpha value is -2.47. The third kappa shape index (κ3) is 3.48. The van der Waals surface area contributed by atoms with Crippen molar-refractivity contribution in [3.8, 4) is 5.88 Å². The first-order valence-electron chi connectivity index (χ1n) is 7.56. The molecule has 0 aromatic carbocycles. The van der Waals surface area contributed by atoms with Gasteiger partial charge in [0.1, 0.15) is 0 Å². The normalized spacial score (nSPS) is 21.1. The highest BCUT2D eigenvalue weighted by atomic mass is 16.5. The maximum Gasteiger partial charge on any atom is 0.253 e. The van der Waals surface area contributed by atoms with E-state index in [-0.39, 0.29) is 24.0 Å². The summed E-state index contributed by atoms with van der Waals surface area (Å²) < 4.78 is 5.07. The minimum absolute atomic E-state index is 0.180. The summed E-state index contributed by atoms with van der Waals surface area (Å²) in [6.07, 6.45) is 5.92. The van der Waals surface area contributed by atoms with Gasteiger partial charge in [-0.15, -0.1) is 0 Å². The van der Waals surface area contributed by atoms with E-state index in [1.165, 1.54) is 6.20 Å². The van der Waals surface area contributed by atoms with Crippen LogP contribution in [0.2, 0.25) is 0 Å². The fraction of sp³-hybridized carbons (Fsp3) is 0.353. The van der Waals surface area contributed by atoms with Crippen LogP contribution in [0.15, 0.2) is 42.9 Å². The molecule has 120 valence electrons. The Balaban J connectivity index is 1.79. The highest BCUT2D eigenvalue weighted by Gasteiger charge is 2.36. The predicted octanol–water partition coefficient (Wildman–Crippen LogP) is 1.73. The zero-order chi connectivity index (χ0) is 16.2. The molecule has 1 saturated carbocycles. The highest BCUT2D eigenvalue weighted by molar-refractivity contribution is 5.94. The van der Waals surface area contributed by atoms with Crippen molar-refractivity contribution in [1.82, 2.24) is 15.3 Å². The predicted molar refractivity (Wildman–Crippen MR) is 84.0 cm³/mol. The summed E-state index contributed by atoms with van der Waals surface area (Å²) in [6.45, 7) is 0. The van der Waals surface area contributed by atoms with Crippen LogP contribution in [0.25, 0.3) is 0 Å². The summed E-state index contributed by atoms with van der Waals surface area (Å²) in [4.78, 5) is 20.6. The zero-order valence-corrected chi connectivity index (χ0v) is 12.8. The number of methoxy groups -OCH3 is 1. The first-order chi connectivity index (χ1) is 11.2. The minimum atomic E-state index is -0.288. The van der Waals surface area contributed by atoms with E-state index in [2.05, 4.69) is 15.3 Å². The summed E-state index contributed by atoms with van der Waals surface area (Å²) in [7, 11) is 1.56. The lowest BCUT2D eigenvalue weighted by Crippen LogP contribution is -2.41. The van der Waals surface area contributed by atoms with E-state index in [9.17, 15) is 9.90 Å². The molecule has 2 aromatic rings. The van der Waals surface area contributed by atoms with E-state index in [4.69, 9.17) is 4.74 Å². The quantitative estimate of drug-likeness (QED) is 0.878. The molecule has 1 atom stereocenters. The van der Waals surface area contributed by atoms with Crippen LogP contribution < -0.4 is 10.1 Å². The van der Waals surface area contributed by atoms with Gasteiger partial charge in [0.2, 0.25) is 5.88 Å². The number of ether oxygens (including phenoxy) is 1. The summed E-state index contributed by atoms with van der Waals surface area (Å²) in [5, 5.41) is 12.6. The number of nitrogens with zero attached hydrogens (tertiary/aromatic N) is 2. The molecule has 0 radical (unpaired) electrons. The highest BCUT2D eigenvalue weighted by Crippen LogP contribution is 2.38. The third-order valence-electron chi connectivity index (χ3n) is 4.16. The molecular formula is C17H19N3O3. The molecule has 2 N–H and O–H groups in total. The van der Waals surface area contributed by atoms with Crippen LogP contribution in [0, 0.1) is 5.92 Å². The van der Waals surface area contributed by atoms with E-state index in [0.717, 1.165) is 5.56 Å². The van der Waals surface area contributed by atoms with Crippen LogP contribution in [0.5, 0.6) is 5.88 Å². The van der Waals surface area contributed by atoms with Gasteiger partial charge in [-0.2, -0.15) is 0 Å². The monoisotopic (exact) mass is 313 g/mol. The number of amides is 1. The average Bonchev–Trinajstić information content (AvgIpc) is 2.58. The van der Waals surface area contributed by atoms with Gasteiger partial charge < -0.3 is 15.2 Å². The second kappa shape index (κ2) is 6.75. The average molecular weight is 313 g/mol. The van der Waals surface area contributed by atoms with Crippen molar-refractivity contribution in [2.45, 2.75) is 25.0 Å². The molecule has 1 aliphatic rings. The van der Waals surface area contributed by atoms with E-state index < -0.39 is 0 Å². The molecule has 3 rings (SSSR count). The van der Waals surface area contributed by atoms with Crippen LogP contribution in [-0.4, -0.2) is 34.2 Å². The molecule has 23 heavy (non-hydrogen) atoms. The van der Waals surface area contributed by atoms with Crippen LogP contribution in [0.4, 0.5) is 0 Å². The molecule has 0 aliphatic heterocycles. The number of carbonyl (C=O) groups is 1. The first-order valence-corrected chi connectivity index (χ1v) is 7.56. The van der Waals surface area contributed by atoms with Crippen molar-refractivity contribution < 1.29 is 14.6 Å². The zero-order valence-electron chi connectivity index (χ0n) is 12.8. The number of pyridine rings is 2. The van der Waals surface area contributed by atoms with Crippen molar-refractivity contribution in [3.05, 3.63) is 54.0 Å². The van der Waals surface area contributed by atoms with E-state index in [1.54, 1.807) is 37.7 Å². The van der Waals surface area contributed by atoms with Gasteiger partial charge in [0, 0.05) is 24.7 Å². The van der Waals surface area contributed by atoms with Crippen molar-refractivity contribution in [1.29, 1.82) is 0 Å². The Labute approximate surface area is 134 Å². The van der Waals surface area contributed by atoms with Gasteiger partial charge in [0.15, 0.2) is 0 Å². The fourth-order valence-corrected chi connectivity index (χ4v) is 2.79. The summed E-state index contributed by atoms with van der Waals surface area (Å²) in [5.74, 6) is 0.542. The lowest BCUT2D eigenvalue weighted by molar-refractivity contribution is 0.0234. The van der Waals surface area contributed by atoms with Gasteiger partial charge in [0.05, 0.1) is 24.8 Å². The summed E-state index contributed by atoms with van der Waals surface area (Å²) in [6, 6.07) is 6.93. The van der Waals surface area contributed by atoms with Crippen molar-refractivity contribution >= 4 is 5.91 Å². The molecule has 0 unspecified atom stereocenters. The lowest BCUT2D eigenvalue weighted by atomic mass is 9.75. The molecule has 1 fully saturated rings. The SMILES string of the molecule is COc1ccc([C@@H](NC(=O)c2cccnc2)C2CC(O)C2)cn1. The van der Waals surface area contributed by atoms with Crippen LogP contribution in [-0.2, 0) is 0 Å². The molecule has 2 heterocycles. The molecule has 1 amide bonds.